The van der Waals surface area contributed by atoms with E-state index in [9.17, 15) is 13.2 Å². The van der Waals surface area contributed by atoms with Crippen LogP contribution in [0.5, 0.6) is 0 Å². The average Bonchev–Trinajstić information content (AvgIpc) is 2.76. The Morgan fingerprint density at radius 2 is 1.78 bits per heavy atom. The zero-order valence-electron chi connectivity index (χ0n) is 17.3. The van der Waals surface area contributed by atoms with E-state index in [1.165, 1.54) is 12.3 Å². The smallest absolute Gasteiger partial charge is 0.239 e. The molecule has 0 radical (unpaired) electrons. The summed E-state index contributed by atoms with van der Waals surface area (Å²) < 4.78 is 25.4. The maximum Gasteiger partial charge on any atom is 0.239 e. The largest absolute Gasteiger partial charge is 0.338 e. The SMILES string of the molecule is CC(C)S(=O)(=O)c1ccccc1Nc1nc(Nc2cccc(NC(=O)CCl)c2)ncc1Cl. The van der Waals surface area contributed by atoms with Crippen LogP contribution < -0.4 is 16.0 Å². The average molecular weight is 494 g/mol. The van der Waals surface area contributed by atoms with Gasteiger partial charge >= 0.3 is 0 Å². The van der Waals surface area contributed by atoms with Gasteiger partial charge in [-0.15, -0.1) is 11.6 Å². The fourth-order valence-electron chi connectivity index (χ4n) is 2.71. The van der Waals surface area contributed by atoms with Gasteiger partial charge in [0.2, 0.25) is 11.9 Å². The highest BCUT2D eigenvalue weighted by molar-refractivity contribution is 7.92. The number of hydrogen-bond donors (Lipinski definition) is 3. The molecule has 0 saturated carbocycles. The molecule has 8 nitrogen and oxygen atoms in total. The van der Waals surface area contributed by atoms with Crippen molar-refractivity contribution in [3.63, 3.8) is 0 Å². The van der Waals surface area contributed by atoms with Crippen molar-refractivity contribution in [2.45, 2.75) is 24.0 Å². The van der Waals surface area contributed by atoms with Gasteiger partial charge < -0.3 is 16.0 Å². The minimum atomic E-state index is -3.52. The van der Waals surface area contributed by atoms with Crippen molar-refractivity contribution in [2.24, 2.45) is 0 Å². The molecule has 3 N–H and O–H groups in total. The van der Waals surface area contributed by atoms with Crippen molar-refractivity contribution >= 4 is 67.8 Å². The highest BCUT2D eigenvalue weighted by Crippen LogP contribution is 2.30. The number of anilines is 5. The number of carbonyl (C=O) groups is 1. The van der Waals surface area contributed by atoms with Crippen molar-refractivity contribution in [2.75, 3.05) is 21.8 Å². The van der Waals surface area contributed by atoms with Crippen molar-refractivity contribution in [3.05, 3.63) is 59.8 Å². The standard InChI is InChI=1S/C21H21Cl2N5O3S/c1-13(2)32(30,31)18-9-4-3-8-17(18)27-20-16(23)12-24-21(28-20)26-15-7-5-6-14(10-15)25-19(29)11-22/h3-10,12-13H,11H2,1-2H3,(H,25,29)(H2,24,26,27,28). The summed E-state index contributed by atoms with van der Waals surface area (Å²) in [6, 6.07) is 13.5. The van der Waals surface area contributed by atoms with E-state index in [2.05, 4.69) is 25.9 Å². The minimum Gasteiger partial charge on any atom is -0.338 e. The third kappa shape index (κ3) is 5.67. The van der Waals surface area contributed by atoms with Gasteiger partial charge in [0, 0.05) is 11.4 Å². The number of halogens is 2. The topological polar surface area (TPSA) is 113 Å². The predicted octanol–water partition coefficient (Wildman–Crippen LogP) is 4.98. The molecule has 0 bridgehead atoms. The zero-order valence-corrected chi connectivity index (χ0v) is 19.6. The summed E-state index contributed by atoms with van der Waals surface area (Å²) in [6.07, 6.45) is 1.40. The fourth-order valence-corrected chi connectivity index (χ4v) is 4.12. The van der Waals surface area contributed by atoms with Crippen molar-refractivity contribution < 1.29 is 13.2 Å². The zero-order chi connectivity index (χ0) is 23.3. The van der Waals surface area contributed by atoms with Crippen LogP contribution in [0.2, 0.25) is 5.02 Å². The lowest BCUT2D eigenvalue weighted by Gasteiger charge is -2.15. The van der Waals surface area contributed by atoms with Crippen LogP contribution in [0.4, 0.5) is 28.8 Å². The molecule has 1 amide bonds. The highest BCUT2D eigenvalue weighted by Gasteiger charge is 2.23. The van der Waals surface area contributed by atoms with E-state index in [0.29, 0.717) is 17.1 Å². The number of aromatic nitrogens is 2. The van der Waals surface area contributed by atoms with E-state index in [1.54, 1.807) is 56.3 Å². The number of para-hydroxylation sites is 1. The minimum absolute atomic E-state index is 0.152. The van der Waals surface area contributed by atoms with Crippen LogP contribution in [-0.4, -0.2) is 35.4 Å². The number of sulfone groups is 1. The molecule has 1 aromatic heterocycles. The van der Waals surface area contributed by atoms with Crippen LogP contribution in [0.1, 0.15) is 13.8 Å². The molecule has 0 unspecified atom stereocenters. The van der Waals surface area contributed by atoms with Gasteiger partial charge in [-0.05, 0) is 44.2 Å². The third-order valence-electron chi connectivity index (χ3n) is 4.34. The lowest BCUT2D eigenvalue weighted by Crippen LogP contribution is -2.15. The van der Waals surface area contributed by atoms with Gasteiger partial charge in [-0.2, -0.15) is 4.98 Å². The van der Waals surface area contributed by atoms with E-state index < -0.39 is 15.1 Å². The van der Waals surface area contributed by atoms with E-state index in [0.717, 1.165) is 0 Å². The molecule has 0 saturated heterocycles. The molecule has 0 aliphatic carbocycles. The lowest BCUT2D eigenvalue weighted by molar-refractivity contribution is -0.113. The summed E-state index contributed by atoms with van der Waals surface area (Å²) in [4.78, 5) is 20.2. The summed E-state index contributed by atoms with van der Waals surface area (Å²) in [5, 5.41) is 8.32. The molecule has 0 atom stereocenters. The van der Waals surface area contributed by atoms with Gasteiger partial charge in [0.25, 0.3) is 0 Å². The molecule has 0 aliphatic rings. The maximum atomic E-state index is 12.7. The molecular formula is C21H21Cl2N5O3S. The van der Waals surface area contributed by atoms with Gasteiger partial charge in [-0.3, -0.25) is 4.79 Å². The Morgan fingerprint density at radius 3 is 2.50 bits per heavy atom. The summed E-state index contributed by atoms with van der Waals surface area (Å²) in [5.41, 5.74) is 1.53. The lowest BCUT2D eigenvalue weighted by atomic mass is 10.2. The second kappa shape index (κ2) is 10.2. The van der Waals surface area contributed by atoms with Crippen molar-refractivity contribution in [1.82, 2.24) is 9.97 Å². The van der Waals surface area contributed by atoms with Gasteiger partial charge in [0.05, 0.1) is 22.0 Å². The number of amides is 1. The normalized spacial score (nSPS) is 11.3. The molecule has 168 valence electrons. The Balaban J connectivity index is 1.87. The number of rotatable bonds is 8. The second-order valence-corrected chi connectivity index (χ2v) is 10.1. The third-order valence-corrected chi connectivity index (χ3v) is 7.06. The van der Waals surface area contributed by atoms with E-state index in [-0.39, 0.29) is 33.5 Å². The fraction of sp³-hybridized carbons (Fsp3) is 0.190. The number of carbonyl (C=O) groups excluding carboxylic acids is 1. The summed E-state index contributed by atoms with van der Waals surface area (Å²) in [5.74, 6) is -0.0156. The molecule has 11 heteroatoms. The van der Waals surface area contributed by atoms with Gasteiger partial charge in [-0.25, -0.2) is 13.4 Å². The van der Waals surface area contributed by atoms with Crippen LogP contribution >= 0.6 is 23.2 Å². The van der Waals surface area contributed by atoms with Crippen LogP contribution in [-0.2, 0) is 14.6 Å². The first-order chi connectivity index (χ1) is 15.2. The summed E-state index contributed by atoms with van der Waals surface area (Å²) >= 11 is 11.8. The number of benzene rings is 2. The highest BCUT2D eigenvalue weighted by atomic mass is 35.5. The first-order valence-corrected chi connectivity index (χ1v) is 12.0. The Morgan fingerprint density at radius 1 is 1.06 bits per heavy atom. The maximum absolute atomic E-state index is 12.7. The molecule has 1 heterocycles. The van der Waals surface area contributed by atoms with Crippen LogP contribution in [0, 0.1) is 0 Å². The molecule has 0 spiro atoms. The van der Waals surface area contributed by atoms with Crippen LogP contribution in [0.25, 0.3) is 0 Å². The molecule has 0 fully saturated rings. The van der Waals surface area contributed by atoms with Crippen molar-refractivity contribution in [1.29, 1.82) is 0 Å². The molecular weight excluding hydrogens is 473 g/mol. The van der Waals surface area contributed by atoms with Crippen molar-refractivity contribution in [3.8, 4) is 0 Å². The predicted molar refractivity (Wildman–Crippen MR) is 128 cm³/mol. The molecule has 3 rings (SSSR count). The Bertz CT molecular complexity index is 1240. The quantitative estimate of drug-likeness (QED) is 0.379. The van der Waals surface area contributed by atoms with E-state index >= 15 is 0 Å². The second-order valence-electron chi connectivity index (χ2n) is 6.99. The summed E-state index contributed by atoms with van der Waals surface area (Å²) in [6.45, 7) is 3.24. The van der Waals surface area contributed by atoms with Gasteiger partial charge in [-0.1, -0.05) is 29.8 Å². The molecule has 0 aliphatic heterocycles. The van der Waals surface area contributed by atoms with E-state index in [1.807, 2.05) is 0 Å². The Kier molecular flexibility index (Phi) is 7.55. The number of nitrogens with zero attached hydrogens (tertiary/aromatic N) is 2. The van der Waals surface area contributed by atoms with E-state index in [4.69, 9.17) is 23.2 Å². The van der Waals surface area contributed by atoms with Crippen LogP contribution in [0.3, 0.4) is 0 Å². The Hall–Kier alpha value is -2.88. The number of nitrogens with one attached hydrogen (secondary N) is 3. The molecule has 2 aromatic carbocycles. The first kappa shape index (κ1) is 23.8. The molecule has 32 heavy (non-hydrogen) atoms. The van der Waals surface area contributed by atoms with Gasteiger partial charge in [0.1, 0.15) is 10.9 Å². The Labute approximate surface area is 196 Å². The van der Waals surface area contributed by atoms with Crippen LogP contribution in [0.15, 0.2) is 59.6 Å². The molecule has 3 aromatic rings. The van der Waals surface area contributed by atoms with Gasteiger partial charge in [0.15, 0.2) is 15.7 Å². The first-order valence-electron chi connectivity index (χ1n) is 9.56. The summed E-state index contributed by atoms with van der Waals surface area (Å²) in [7, 11) is -3.52. The number of hydrogen-bond acceptors (Lipinski definition) is 7. The number of alkyl halides is 1. The monoisotopic (exact) mass is 493 g/mol.